The Morgan fingerprint density at radius 2 is 1.84 bits per heavy atom. The van der Waals surface area contributed by atoms with Gasteiger partial charge in [-0.2, -0.15) is 0 Å². The Labute approximate surface area is 194 Å². The average Bonchev–Trinajstić information content (AvgIpc) is 2.73. The van der Waals surface area contributed by atoms with E-state index in [-0.39, 0.29) is 25.0 Å². The monoisotopic (exact) mass is 464 g/mol. The van der Waals surface area contributed by atoms with E-state index in [0.717, 1.165) is 24.0 Å². The van der Waals surface area contributed by atoms with E-state index in [0.29, 0.717) is 27.9 Å². The Morgan fingerprint density at radius 3 is 2.48 bits per heavy atom. The summed E-state index contributed by atoms with van der Waals surface area (Å²) < 4.78 is 5.72. The van der Waals surface area contributed by atoms with E-state index >= 15 is 0 Å². The molecule has 31 heavy (non-hydrogen) atoms. The maximum absolute atomic E-state index is 13.1. The topological polar surface area (TPSA) is 58.6 Å². The molecule has 0 saturated heterocycles. The summed E-state index contributed by atoms with van der Waals surface area (Å²) in [4.78, 5) is 27.2. The summed E-state index contributed by atoms with van der Waals surface area (Å²) in [6.45, 7) is 8.33. The van der Waals surface area contributed by atoms with Crippen LogP contribution in [0.5, 0.6) is 5.75 Å². The zero-order valence-electron chi connectivity index (χ0n) is 18.5. The Kier molecular flexibility index (Phi) is 9.66. The van der Waals surface area contributed by atoms with E-state index in [9.17, 15) is 9.59 Å². The standard InChI is InChI=1S/C24H30Cl2N2O3/c1-5-6-11-27-24(30)18(4)28(14-19-8-9-20(25)13-22(19)26)23(29)15-31-21-10-7-16(2)17(3)12-21/h7-10,12-13,18H,5-6,11,14-15H2,1-4H3,(H,27,30). The SMILES string of the molecule is CCCCNC(=O)C(C)N(Cc1ccc(Cl)cc1Cl)C(=O)COc1ccc(C)c(C)c1. The number of amides is 2. The molecule has 0 radical (unpaired) electrons. The van der Waals surface area contributed by atoms with Crippen LogP contribution in [0.1, 0.15) is 43.4 Å². The molecule has 0 aromatic heterocycles. The van der Waals surface area contributed by atoms with Crippen molar-refractivity contribution in [2.45, 2.75) is 53.1 Å². The molecule has 0 heterocycles. The number of aryl methyl sites for hydroxylation is 2. The third kappa shape index (κ3) is 7.44. The van der Waals surface area contributed by atoms with E-state index in [1.54, 1.807) is 25.1 Å². The summed E-state index contributed by atoms with van der Waals surface area (Å²) in [6, 6.07) is 10.1. The second kappa shape index (κ2) is 12.0. The van der Waals surface area contributed by atoms with Gasteiger partial charge in [-0.1, -0.05) is 48.7 Å². The number of carbonyl (C=O) groups excluding carboxylic acids is 2. The maximum atomic E-state index is 13.1. The lowest BCUT2D eigenvalue weighted by Crippen LogP contribution is -2.49. The van der Waals surface area contributed by atoms with Crippen molar-refractivity contribution >= 4 is 35.0 Å². The van der Waals surface area contributed by atoms with Crippen LogP contribution in [0.2, 0.25) is 10.0 Å². The van der Waals surface area contributed by atoms with Crippen LogP contribution >= 0.6 is 23.2 Å². The van der Waals surface area contributed by atoms with Crippen molar-refractivity contribution in [1.82, 2.24) is 10.2 Å². The second-order valence-electron chi connectivity index (χ2n) is 7.61. The van der Waals surface area contributed by atoms with Crippen molar-refractivity contribution in [2.24, 2.45) is 0 Å². The number of nitrogens with one attached hydrogen (secondary N) is 1. The summed E-state index contributed by atoms with van der Waals surface area (Å²) >= 11 is 12.3. The third-order valence-corrected chi connectivity index (χ3v) is 5.78. The molecule has 2 amide bonds. The lowest BCUT2D eigenvalue weighted by Gasteiger charge is -2.29. The zero-order valence-corrected chi connectivity index (χ0v) is 20.0. The van der Waals surface area contributed by atoms with Crippen LogP contribution in [-0.4, -0.2) is 35.9 Å². The molecule has 0 aliphatic rings. The van der Waals surface area contributed by atoms with Crippen molar-refractivity contribution in [3.05, 3.63) is 63.1 Å². The van der Waals surface area contributed by atoms with E-state index in [1.807, 2.05) is 32.0 Å². The minimum absolute atomic E-state index is 0.174. The first kappa shape index (κ1) is 25.0. The molecular weight excluding hydrogens is 435 g/mol. The van der Waals surface area contributed by atoms with Crippen LogP contribution in [-0.2, 0) is 16.1 Å². The molecule has 1 atom stereocenters. The molecule has 2 aromatic carbocycles. The van der Waals surface area contributed by atoms with E-state index in [1.165, 1.54) is 4.90 Å². The molecule has 2 rings (SSSR count). The highest BCUT2D eigenvalue weighted by molar-refractivity contribution is 6.35. The Bertz CT molecular complexity index is 918. The molecule has 1 unspecified atom stereocenters. The number of hydrogen-bond donors (Lipinski definition) is 1. The van der Waals surface area contributed by atoms with Crippen molar-refractivity contribution in [2.75, 3.05) is 13.2 Å². The molecule has 168 valence electrons. The van der Waals surface area contributed by atoms with Gasteiger partial charge in [0.1, 0.15) is 11.8 Å². The van der Waals surface area contributed by atoms with E-state index in [4.69, 9.17) is 27.9 Å². The number of benzene rings is 2. The number of rotatable bonds is 10. The van der Waals surface area contributed by atoms with Crippen molar-refractivity contribution in [3.63, 3.8) is 0 Å². The average molecular weight is 465 g/mol. The first-order chi connectivity index (χ1) is 14.7. The van der Waals surface area contributed by atoms with Gasteiger partial charge >= 0.3 is 0 Å². The van der Waals surface area contributed by atoms with E-state index < -0.39 is 6.04 Å². The van der Waals surface area contributed by atoms with Gasteiger partial charge in [0, 0.05) is 23.1 Å². The van der Waals surface area contributed by atoms with Gasteiger partial charge in [-0.15, -0.1) is 0 Å². The van der Waals surface area contributed by atoms with Crippen molar-refractivity contribution in [1.29, 1.82) is 0 Å². The number of ether oxygens (including phenoxy) is 1. The van der Waals surface area contributed by atoms with Crippen molar-refractivity contribution in [3.8, 4) is 5.75 Å². The number of carbonyl (C=O) groups is 2. The van der Waals surface area contributed by atoms with Crippen molar-refractivity contribution < 1.29 is 14.3 Å². The summed E-state index contributed by atoms with van der Waals surface area (Å²) in [5, 5.41) is 3.84. The van der Waals surface area contributed by atoms with Crippen LogP contribution in [0.3, 0.4) is 0 Å². The van der Waals surface area contributed by atoms with Crippen LogP contribution < -0.4 is 10.1 Å². The van der Waals surface area contributed by atoms with Crippen LogP contribution in [0, 0.1) is 13.8 Å². The fourth-order valence-electron chi connectivity index (χ4n) is 2.98. The highest BCUT2D eigenvalue weighted by Crippen LogP contribution is 2.23. The minimum atomic E-state index is -0.681. The predicted octanol–water partition coefficient (Wildman–Crippen LogP) is 5.32. The summed E-state index contributed by atoms with van der Waals surface area (Å²) in [5.41, 5.74) is 2.94. The molecule has 0 bridgehead atoms. The lowest BCUT2D eigenvalue weighted by molar-refractivity contribution is -0.142. The first-order valence-corrected chi connectivity index (χ1v) is 11.2. The maximum Gasteiger partial charge on any atom is 0.261 e. The van der Waals surface area contributed by atoms with Gasteiger partial charge in [0.25, 0.3) is 5.91 Å². The fraction of sp³-hybridized carbons (Fsp3) is 0.417. The predicted molar refractivity (Wildman–Crippen MR) is 126 cm³/mol. The summed E-state index contributed by atoms with van der Waals surface area (Å²) in [6.07, 6.45) is 1.85. The summed E-state index contributed by atoms with van der Waals surface area (Å²) in [7, 11) is 0. The Hall–Kier alpha value is -2.24. The normalized spacial score (nSPS) is 11.7. The Balaban J connectivity index is 2.17. The molecule has 2 aromatic rings. The van der Waals surface area contributed by atoms with Crippen LogP contribution in [0.4, 0.5) is 0 Å². The lowest BCUT2D eigenvalue weighted by atomic mass is 10.1. The quantitative estimate of drug-likeness (QED) is 0.483. The smallest absolute Gasteiger partial charge is 0.261 e. The molecular formula is C24H30Cl2N2O3. The number of hydrogen-bond acceptors (Lipinski definition) is 3. The molecule has 7 heteroatoms. The van der Waals surface area contributed by atoms with E-state index in [2.05, 4.69) is 12.2 Å². The largest absolute Gasteiger partial charge is 0.484 e. The number of unbranched alkanes of at least 4 members (excludes halogenated alkanes) is 1. The van der Waals surface area contributed by atoms with Gasteiger partial charge in [0.2, 0.25) is 5.91 Å². The molecule has 0 aliphatic carbocycles. The first-order valence-electron chi connectivity index (χ1n) is 10.4. The molecule has 1 N–H and O–H groups in total. The minimum Gasteiger partial charge on any atom is -0.484 e. The van der Waals surface area contributed by atoms with Gasteiger partial charge in [-0.25, -0.2) is 0 Å². The van der Waals surface area contributed by atoms with Gasteiger partial charge in [0.15, 0.2) is 6.61 Å². The van der Waals surface area contributed by atoms with Gasteiger partial charge in [-0.05, 0) is 68.1 Å². The molecule has 0 saturated carbocycles. The fourth-order valence-corrected chi connectivity index (χ4v) is 3.45. The van der Waals surface area contributed by atoms with Gasteiger partial charge < -0.3 is 15.0 Å². The van der Waals surface area contributed by atoms with Gasteiger partial charge in [-0.3, -0.25) is 9.59 Å². The van der Waals surface area contributed by atoms with Gasteiger partial charge in [0.05, 0.1) is 0 Å². The zero-order chi connectivity index (χ0) is 23.0. The second-order valence-corrected chi connectivity index (χ2v) is 8.46. The summed E-state index contributed by atoms with van der Waals surface area (Å²) in [5.74, 6) is 0.0985. The highest BCUT2D eigenvalue weighted by Gasteiger charge is 2.27. The Morgan fingerprint density at radius 1 is 1.10 bits per heavy atom. The molecule has 0 aliphatic heterocycles. The molecule has 0 spiro atoms. The number of halogens is 2. The molecule has 0 fully saturated rings. The van der Waals surface area contributed by atoms with Crippen LogP contribution in [0.25, 0.3) is 0 Å². The molecule has 5 nitrogen and oxygen atoms in total. The third-order valence-electron chi connectivity index (χ3n) is 5.19. The van der Waals surface area contributed by atoms with Crippen LogP contribution in [0.15, 0.2) is 36.4 Å². The number of nitrogens with zero attached hydrogens (tertiary/aromatic N) is 1. The highest BCUT2D eigenvalue weighted by atomic mass is 35.5.